The monoisotopic (exact) mass is 514 g/mol. The second-order valence-corrected chi connectivity index (χ2v) is 9.03. The molecule has 0 aromatic heterocycles. The molecular formula is C30H30N2O6. The van der Waals surface area contributed by atoms with Crippen LogP contribution in [0.25, 0.3) is 6.08 Å². The zero-order valence-electron chi connectivity index (χ0n) is 21.8. The fourth-order valence-electron chi connectivity index (χ4n) is 3.84. The molecule has 0 radical (unpaired) electrons. The van der Waals surface area contributed by atoms with Crippen LogP contribution >= 0.6 is 0 Å². The number of nitrogens with zero attached hydrogens (tertiary/aromatic N) is 1. The summed E-state index contributed by atoms with van der Waals surface area (Å²) in [7, 11) is 0. The topological polar surface area (TPSA) is 94.2 Å². The Bertz CT molecular complexity index is 1360. The number of barbiturate groups is 1. The molecule has 4 rings (SSSR count). The number of rotatable bonds is 9. The van der Waals surface area contributed by atoms with Gasteiger partial charge in [-0.05, 0) is 81.3 Å². The number of hydrogen-bond donors (Lipinski definition) is 1. The number of benzene rings is 3. The van der Waals surface area contributed by atoms with Crippen molar-refractivity contribution in [1.82, 2.24) is 5.32 Å². The van der Waals surface area contributed by atoms with Crippen molar-refractivity contribution in [1.29, 1.82) is 0 Å². The van der Waals surface area contributed by atoms with Gasteiger partial charge < -0.3 is 14.2 Å². The van der Waals surface area contributed by atoms with E-state index in [1.807, 2.05) is 52.0 Å². The molecule has 1 aliphatic rings. The first kappa shape index (κ1) is 26.5. The average Bonchev–Trinajstić information content (AvgIpc) is 2.88. The number of nitrogens with one attached hydrogen (secondary N) is 1. The van der Waals surface area contributed by atoms with E-state index in [0.717, 1.165) is 10.5 Å². The molecule has 3 aromatic rings. The Labute approximate surface area is 221 Å². The van der Waals surface area contributed by atoms with E-state index in [4.69, 9.17) is 14.2 Å². The van der Waals surface area contributed by atoms with E-state index in [1.54, 1.807) is 42.5 Å². The maximum absolute atomic E-state index is 13.3. The Morgan fingerprint density at radius 3 is 2.26 bits per heavy atom. The molecule has 1 aliphatic heterocycles. The zero-order valence-corrected chi connectivity index (χ0v) is 21.8. The van der Waals surface area contributed by atoms with Crippen LogP contribution in [0.2, 0.25) is 0 Å². The molecule has 0 atom stereocenters. The highest BCUT2D eigenvalue weighted by Gasteiger charge is 2.36. The highest BCUT2D eigenvalue weighted by molar-refractivity contribution is 6.39. The Kier molecular flexibility index (Phi) is 8.11. The van der Waals surface area contributed by atoms with Crippen LogP contribution in [0.3, 0.4) is 0 Å². The molecule has 0 saturated carbocycles. The summed E-state index contributed by atoms with van der Waals surface area (Å²) in [5, 5.41) is 2.24. The van der Waals surface area contributed by atoms with Crippen LogP contribution in [-0.2, 0) is 16.2 Å². The van der Waals surface area contributed by atoms with Gasteiger partial charge in [-0.25, -0.2) is 9.69 Å². The molecule has 8 nitrogen and oxygen atoms in total. The van der Waals surface area contributed by atoms with Gasteiger partial charge in [0.25, 0.3) is 11.8 Å². The van der Waals surface area contributed by atoms with Crippen molar-refractivity contribution in [2.24, 2.45) is 0 Å². The molecule has 0 unspecified atom stereocenters. The van der Waals surface area contributed by atoms with Crippen LogP contribution < -0.4 is 24.4 Å². The number of hydrogen-bond acceptors (Lipinski definition) is 6. The standard InChI is InChI=1S/C30H30N2O6/c1-5-36-27-17-22(10-15-26(27)38-19(2)3)16-25-28(33)31-30(35)32(29(25)34)23-11-13-24(14-12-23)37-18-21-8-6-20(4)7-9-21/h6-17,19H,5,18H2,1-4H3,(H,31,33,35)/b25-16+. The van der Waals surface area contributed by atoms with Crippen molar-refractivity contribution in [2.75, 3.05) is 11.5 Å². The normalized spacial score (nSPS) is 14.6. The largest absolute Gasteiger partial charge is 0.490 e. The molecule has 1 fully saturated rings. The zero-order chi connectivity index (χ0) is 27.2. The Morgan fingerprint density at radius 2 is 1.61 bits per heavy atom. The smallest absolute Gasteiger partial charge is 0.335 e. The van der Waals surface area contributed by atoms with E-state index < -0.39 is 17.8 Å². The maximum atomic E-state index is 13.3. The number of aryl methyl sites for hydroxylation is 1. The molecule has 4 amide bonds. The molecule has 3 aromatic carbocycles. The van der Waals surface area contributed by atoms with Gasteiger partial charge in [0.2, 0.25) is 0 Å². The highest BCUT2D eigenvalue weighted by Crippen LogP contribution is 2.31. The average molecular weight is 515 g/mol. The number of carbonyl (C=O) groups is 3. The molecule has 1 N–H and O–H groups in total. The van der Waals surface area contributed by atoms with E-state index in [-0.39, 0.29) is 11.7 Å². The molecule has 1 saturated heterocycles. The van der Waals surface area contributed by atoms with E-state index in [9.17, 15) is 14.4 Å². The Hall–Kier alpha value is -4.59. The predicted molar refractivity (Wildman–Crippen MR) is 144 cm³/mol. The van der Waals surface area contributed by atoms with Crippen molar-refractivity contribution in [3.8, 4) is 17.2 Å². The minimum absolute atomic E-state index is 0.0527. The summed E-state index contributed by atoms with van der Waals surface area (Å²) in [5.74, 6) is 0.138. The number of anilines is 1. The number of amides is 4. The van der Waals surface area contributed by atoms with Gasteiger partial charge in [-0.3, -0.25) is 14.9 Å². The van der Waals surface area contributed by atoms with E-state index >= 15 is 0 Å². The molecule has 0 aliphatic carbocycles. The fraction of sp³-hybridized carbons (Fsp3) is 0.233. The third-order valence-corrected chi connectivity index (χ3v) is 5.66. The quantitative estimate of drug-likeness (QED) is 0.302. The third kappa shape index (κ3) is 6.21. The molecule has 38 heavy (non-hydrogen) atoms. The number of ether oxygens (including phenoxy) is 3. The van der Waals surface area contributed by atoms with Gasteiger partial charge in [0.15, 0.2) is 11.5 Å². The van der Waals surface area contributed by atoms with E-state index in [1.165, 1.54) is 11.6 Å². The lowest BCUT2D eigenvalue weighted by Crippen LogP contribution is -2.54. The number of urea groups is 1. The molecule has 8 heteroatoms. The lowest BCUT2D eigenvalue weighted by atomic mass is 10.1. The van der Waals surface area contributed by atoms with Gasteiger partial charge in [0.1, 0.15) is 17.9 Å². The van der Waals surface area contributed by atoms with Crippen LogP contribution in [0.15, 0.2) is 72.3 Å². The second-order valence-electron chi connectivity index (χ2n) is 9.03. The Morgan fingerprint density at radius 1 is 0.895 bits per heavy atom. The first-order valence-electron chi connectivity index (χ1n) is 12.4. The maximum Gasteiger partial charge on any atom is 0.335 e. The molecule has 0 bridgehead atoms. The van der Waals surface area contributed by atoms with E-state index in [2.05, 4.69) is 5.32 Å². The lowest BCUT2D eigenvalue weighted by molar-refractivity contribution is -0.122. The first-order chi connectivity index (χ1) is 18.2. The summed E-state index contributed by atoms with van der Waals surface area (Å²) >= 11 is 0. The summed E-state index contributed by atoms with van der Waals surface area (Å²) in [6.45, 7) is 8.49. The lowest BCUT2D eigenvalue weighted by Gasteiger charge is -2.26. The highest BCUT2D eigenvalue weighted by atomic mass is 16.5. The van der Waals surface area contributed by atoms with Gasteiger partial charge >= 0.3 is 6.03 Å². The van der Waals surface area contributed by atoms with Crippen LogP contribution in [0.5, 0.6) is 17.2 Å². The van der Waals surface area contributed by atoms with Crippen LogP contribution in [0.1, 0.15) is 37.5 Å². The van der Waals surface area contributed by atoms with E-state index in [0.29, 0.717) is 41.7 Å². The molecule has 196 valence electrons. The summed E-state index contributed by atoms with van der Waals surface area (Å²) in [4.78, 5) is 39.4. The molecule has 1 heterocycles. The Balaban J connectivity index is 1.54. The molecular weight excluding hydrogens is 484 g/mol. The van der Waals surface area contributed by atoms with Gasteiger partial charge in [0, 0.05) is 0 Å². The van der Waals surface area contributed by atoms with Crippen LogP contribution in [0.4, 0.5) is 10.5 Å². The minimum atomic E-state index is -0.818. The second kappa shape index (κ2) is 11.6. The summed E-state index contributed by atoms with van der Waals surface area (Å²) in [6, 6.07) is 18.9. The predicted octanol–water partition coefficient (Wildman–Crippen LogP) is 5.43. The summed E-state index contributed by atoms with van der Waals surface area (Å²) in [6.07, 6.45) is 1.38. The van der Waals surface area contributed by atoms with Crippen LogP contribution in [-0.4, -0.2) is 30.6 Å². The first-order valence-corrected chi connectivity index (χ1v) is 12.4. The van der Waals surface area contributed by atoms with Gasteiger partial charge in [0.05, 0.1) is 18.4 Å². The van der Waals surface area contributed by atoms with Crippen LogP contribution in [0, 0.1) is 6.92 Å². The van der Waals surface area contributed by atoms with Gasteiger partial charge in [-0.15, -0.1) is 0 Å². The van der Waals surface area contributed by atoms with Crippen molar-refractivity contribution < 1.29 is 28.6 Å². The van der Waals surface area contributed by atoms with Gasteiger partial charge in [-0.1, -0.05) is 35.9 Å². The van der Waals surface area contributed by atoms with Gasteiger partial charge in [-0.2, -0.15) is 0 Å². The minimum Gasteiger partial charge on any atom is -0.490 e. The fourth-order valence-corrected chi connectivity index (χ4v) is 3.84. The summed E-state index contributed by atoms with van der Waals surface area (Å²) < 4.78 is 17.3. The molecule has 0 spiro atoms. The number of carbonyl (C=O) groups excluding carboxylic acids is 3. The SMILES string of the molecule is CCOc1cc(/C=C2\C(=O)NC(=O)N(c3ccc(OCc4ccc(C)cc4)cc3)C2=O)ccc1OC(C)C. The summed E-state index contributed by atoms with van der Waals surface area (Å²) in [5.41, 5.74) is 2.88. The third-order valence-electron chi connectivity index (χ3n) is 5.66. The van der Waals surface area contributed by atoms with Crippen molar-refractivity contribution in [2.45, 2.75) is 40.4 Å². The van der Waals surface area contributed by atoms with Crippen molar-refractivity contribution in [3.05, 3.63) is 89.0 Å². The number of imide groups is 2. The van der Waals surface area contributed by atoms with Crippen molar-refractivity contribution >= 4 is 29.6 Å². The van der Waals surface area contributed by atoms with Crippen molar-refractivity contribution in [3.63, 3.8) is 0 Å².